The quantitative estimate of drug-likeness (QED) is 0.887. The van der Waals surface area contributed by atoms with E-state index in [1.54, 1.807) is 7.11 Å². The van der Waals surface area contributed by atoms with Gasteiger partial charge in [0, 0.05) is 19.8 Å². The van der Waals surface area contributed by atoms with Crippen LogP contribution in [0.3, 0.4) is 0 Å². The van der Waals surface area contributed by atoms with Crippen molar-refractivity contribution in [2.24, 2.45) is 0 Å². The third-order valence-corrected chi connectivity index (χ3v) is 3.95. The fourth-order valence-corrected chi connectivity index (χ4v) is 2.65. The molecule has 0 radical (unpaired) electrons. The minimum absolute atomic E-state index is 0.400. The van der Waals surface area contributed by atoms with Crippen LogP contribution in [0.15, 0.2) is 42.5 Å². The molecular formula is C19H23NO3. The van der Waals surface area contributed by atoms with Crippen molar-refractivity contribution in [1.29, 1.82) is 0 Å². The average Bonchev–Trinajstić information content (AvgIpc) is 2.52. The van der Waals surface area contributed by atoms with Crippen molar-refractivity contribution in [1.82, 2.24) is 0 Å². The number of hydrogen-bond donors (Lipinski definition) is 1. The summed E-state index contributed by atoms with van der Waals surface area (Å²) in [7, 11) is 5.49. The van der Waals surface area contributed by atoms with Gasteiger partial charge in [0.2, 0.25) is 0 Å². The van der Waals surface area contributed by atoms with Gasteiger partial charge >= 0.3 is 5.97 Å². The van der Waals surface area contributed by atoms with Crippen molar-refractivity contribution in [3.63, 3.8) is 0 Å². The monoisotopic (exact) mass is 313 g/mol. The van der Waals surface area contributed by atoms with Gasteiger partial charge in [-0.3, -0.25) is 4.79 Å². The minimum Gasteiger partial charge on any atom is -0.496 e. The van der Waals surface area contributed by atoms with Crippen LogP contribution in [0.4, 0.5) is 5.69 Å². The van der Waals surface area contributed by atoms with Crippen LogP contribution in [0.5, 0.6) is 5.75 Å². The molecule has 0 aliphatic rings. The highest BCUT2D eigenvalue weighted by atomic mass is 16.5. The van der Waals surface area contributed by atoms with Crippen LogP contribution in [0.1, 0.15) is 22.6 Å². The number of hydrogen-bond acceptors (Lipinski definition) is 3. The zero-order chi connectivity index (χ0) is 17.0. The molecule has 0 aromatic heterocycles. The van der Waals surface area contributed by atoms with E-state index < -0.39 is 11.9 Å². The third kappa shape index (κ3) is 4.03. The standard InChI is InChI=1S/C19H23NO3/c1-13-8-9-18(23-4)15(10-13)12-17(19(21)22)14-6-5-7-16(11-14)20(2)3/h5-11,17H,12H2,1-4H3,(H,21,22). The van der Waals surface area contributed by atoms with E-state index in [-0.39, 0.29) is 0 Å². The number of anilines is 1. The molecule has 0 amide bonds. The molecule has 0 aliphatic carbocycles. The van der Waals surface area contributed by atoms with Gasteiger partial charge in [0.1, 0.15) is 5.75 Å². The number of nitrogens with zero attached hydrogens (tertiary/aromatic N) is 1. The Bertz CT molecular complexity index is 695. The second kappa shape index (κ2) is 7.18. The Morgan fingerprint density at radius 3 is 2.57 bits per heavy atom. The maximum atomic E-state index is 11.8. The Hall–Kier alpha value is -2.49. The molecule has 0 aliphatic heterocycles. The summed E-state index contributed by atoms with van der Waals surface area (Å²) < 4.78 is 5.38. The molecule has 2 aromatic rings. The van der Waals surface area contributed by atoms with Gasteiger partial charge in [-0.05, 0) is 42.7 Å². The highest BCUT2D eigenvalue weighted by Crippen LogP contribution is 2.29. The Morgan fingerprint density at radius 2 is 1.96 bits per heavy atom. The normalized spacial score (nSPS) is 11.8. The molecule has 2 rings (SSSR count). The second-order valence-corrected chi connectivity index (χ2v) is 5.90. The van der Waals surface area contributed by atoms with Crippen molar-refractivity contribution in [3.05, 3.63) is 59.2 Å². The van der Waals surface area contributed by atoms with E-state index in [0.717, 1.165) is 28.1 Å². The third-order valence-electron chi connectivity index (χ3n) is 3.95. The van der Waals surface area contributed by atoms with Crippen LogP contribution < -0.4 is 9.64 Å². The molecule has 1 atom stereocenters. The molecule has 0 spiro atoms. The lowest BCUT2D eigenvalue weighted by molar-refractivity contribution is -0.138. The Labute approximate surface area is 137 Å². The molecule has 4 heteroatoms. The lowest BCUT2D eigenvalue weighted by Crippen LogP contribution is -2.16. The topological polar surface area (TPSA) is 49.8 Å². The molecule has 0 saturated heterocycles. The summed E-state index contributed by atoms with van der Waals surface area (Å²) in [6.07, 6.45) is 0.400. The first kappa shape index (κ1) is 16.9. The number of aliphatic carboxylic acids is 1. The molecule has 1 unspecified atom stereocenters. The number of methoxy groups -OCH3 is 1. The van der Waals surface area contributed by atoms with Crippen LogP contribution in [0, 0.1) is 6.92 Å². The summed E-state index contributed by atoms with van der Waals surface area (Å²) in [5, 5.41) is 9.70. The van der Waals surface area contributed by atoms with Crippen LogP contribution in [0.2, 0.25) is 0 Å². The van der Waals surface area contributed by atoms with Gasteiger partial charge in [0.25, 0.3) is 0 Å². The van der Waals surface area contributed by atoms with Gasteiger partial charge in [-0.15, -0.1) is 0 Å². The fraction of sp³-hybridized carbons (Fsp3) is 0.316. The highest BCUT2D eigenvalue weighted by Gasteiger charge is 2.22. The molecule has 122 valence electrons. The molecule has 1 N–H and O–H groups in total. The van der Waals surface area contributed by atoms with Gasteiger partial charge < -0.3 is 14.7 Å². The van der Waals surface area contributed by atoms with Gasteiger partial charge in [0.05, 0.1) is 13.0 Å². The number of carbonyl (C=O) groups is 1. The van der Waals surface area contributed by atoms with E-state index in [9.17, 15) is 9.90 Å². The van der Waals surface area contributed by atoms with Gasteiger partial charge in [-0.1, -0.05) is 29.8 Å². The Morgan fingerprint density at radius 1 is 1.22 bits per heavy atom. The summed E-state index contributed by atoms with van der Waals surface area (Å²) in [6, 6.07) is 13.5. The summed E-state index contributed by atoms with van der Waals surface area (Å²) in [6.45, 7) is 1.99. The zero-order valence-electron chi connectivity index (χ0n) is 14.0. The number of carboxylic acid groups (broad SMARTS) is 1. The molecule has 2 aromatic carbocycles. The molecule has 0 fully saturated rings. The van der Waals surface area contributed by atoms with Crippen LogP contribution in [0.25, 0.3) is 0 Å². The minimum atomic E-state index is -0.829. The molecular weight excluding hydrogens is 290 g/mol. The number of benzene rings is 2. The zero-order valence-corrected chi connectivity index (χ0v) is 14.0. The molecule has 23 heavy (non-hydrogen) atoms. The predicted octanol–water partition coefficient (Wildman–Crippen LogP) is 3.48. The van der Waals surface area contributed by atoms with Crippen molar-refractivity contribution < 1.29 is 14.6 Å². The van der Waals surface area contributed by atoms with E-state index >= 15 is 0 Å². The molecule has 4 nitrogen and oxygen atoms in total. The van der Waals surface area contributed by atoms with E-state index in [1.165, 1.54) is 0 Å². The number of aryl methyl sites for hydroxylation is 1. The first-order valence-corrected chi connectivity index (χ1v) is 7.56. The first-order valence-electron chi connectivity index (χ1n) is 7.56. The lowest BCUT2D eigenvalue weighted by atomic mass is 9.90. The van der Waals surface area contributed by atoms with Crippen molar-refractivity contribution in [2.75, 3.05) is 26.1 Å². The average molecular weight is 313 g/mol. The predicted molar refractivity (Wildman–Crippen MR) is 92.6 cm³/mol. The number of ether oxygens (including phenoxy) is 1. The van der Waals surface area contributed by atoms with Crippen LogP contribution in [-0.4, -0.2) is 32.3 Å². The molecule has 0 bridgehead atoms. The number of carboxylic acids is 1. The maximum absolute atomic E-state index is 11.8. The Kier molecular flexibility index (Phi) is 5.27. The number of rotatable bonds is 6. The smallest absolute Gasteiger partial charge is 0.311 e. The molecule has 0 saturated carbocycles. The van der Waals surface area contributed by atoms with Crippen molar-refractivity contribution in [2.45, 2.75) is 19.3 Å². The highest BCUT2D eigenvalue weighted by molar-refractivity contribution is 5.77. The summed E-state index contributed by atoms with van der Waals surface area (Å²) >= 11 is 0. The summed E-state index contributed by atoms with van der Waals surface area (Å²) in [5.41, 5.74) is 3.79. The van der Waals surface area contributed by atoms with Crippen molar-refractivity contribution in [3.8, 4) is 5.75 Å². The first-order chi connectivity index (χ1) is 10.9. The fourth-order valence-electron chi connectivity index (χ4n) is 2.65. The van der Waals surface area contributed by atoms with E-state index in [4.69, 9.17) is 4.74 Å². The van der Waals surface area contributed by atoms with E-state index in [1.807, 2.05) is 68.4 Å². The lowest BCUT2D eigenvalue weighted by Gasteiger charge is -2.18. The van der Waals surface area contributed by atoms with Gasteiger partial charge in [-0.25, -0.2) is 0 Å². The maximum Gasteiger partial charge on any atom is 0.311 e. The van der Waals surface area contributed by atoms with Crippen molar-refractivity contribution >= 4 is 11.7 Å². The SMILES string of the molecule is COc1ccc(C)cc1CC(C(=O)O)c1cccc(N(C)C)c1. The largest absolute Gasteiger partial charge is 0.496 e. The van der Waals surface area contributed by atoms with E-state index in [0.29, 0.717) is 6.42 Å². The molecule has 0 heterocycles. The van der Waals surface area contributed by atoms with E-state index in [2.05, 4.69) is 0 Å². The Balaban J connectivity index is 2.39. The van der Waals surface area contributed by atoms with Gasteiger partial charge in [-0.2, -0.15) is 0 Å². The summed E-state index contributed by atoms with van der Waals surface area (Å²) in [4.78, 5) is 13.8. The van der Waals surface area contributed by atoms with Crippen LogP contribution in [-0.2, 0) is 11.2 Å². The second-order valence-electron chi connectivity index (χ2n) is 5.90. The summed E-state index contributed by atoms with van der Waals surface area (Å²) in [5.74, 6) is -0.708. The van der Waals surface area contributed by atoms with Gasteiger partial charge in [0.15, 0.2) is 0 Å². The van der Waals surface area contributed by atoms with Crippen LogP contribution >= 0.6 is 0 Å².